The number of benzene rings is 1. The molecule has 1 amide bonds. The lowest BCUT2D eigenvalue weighted by Crippen LogP contribution is -2.38. The van der Waals surface area contributed by atoms with Gasteiger partial charge in [0.25, 0.3) is 5.91 Å². The van der Waals surface area contributed by atoms with E-state index < -0.39 is 5.60 Å². The minimum atomic E-state index is -0.972. The summed E-state index contributed by atoms with van der Waals surface area (Å²) < 4.78 is 1.50. The number of phenolic OH excluding ortho intramolecular Hbond substituents is 1. The maximum Gasteiger partial charge on any atom is 0.255 e. The van der Waals surface area contributed by atoms with Crippen LogP contribution in [0.3, 0.4) is 0 Å². The smallest absolute Gasteiger partial charge is 0.255 e. The molecule has 1 aromatic carbocycles. The van der Waals surface area contributed by atoms with Crippen molar-refractivity contribution < 1.29 is 15.0 Å². The van der Waals surface area contributed by atoms with E-state index in [0.717, 1.165) is 3.57 Å². The zero-order valence-corrected chi connectivity index (χ0v) is 13.7. The van der Waals surface area contributed by atoms with Crippen LogP contribution < -0.4 is 5.32 Å². The van der Waals surface area contributed by atoms with E-state index in [2.05, 4.69) is 27.9 Å². The molecule has 0 spiro atoms. The summed E-state index contributed by atoms with van der Waals surface area (Å²) in [6.45, 7) is 3.34. The molecule has 0 heterocycles. The highest BCUT2D eigenvalue weighted by Gasteiger charge is 2.18. The van der Waals surface area contributed by atoms with Crippen LogP contribution in [0.1, 0.15) is 24.2 Å². The molecule has 0 saturated heterocycles. The van der Waals surface area contributed by atoms with E-state index in [4.69, 9.17) is 0 Å². The summed E-state index contributed by atoms with van der Waals surface area (Å²) in [5, 5.41) is 21.9. The van der Waals surface area contributed by atoms with Crippen LogP contribution in [0.15, 0.2) is 12.1 Å². The molecule has 0 aromatic heterocycles. The van der Waals surface area contributed by atoms with Crippen molar-refractivity contribution in [2.75, 3.05) is 6.54 Å². The highest BCUT2D eigenvalue weighted by Crippen LogP contribution is 2.26. The lowest BCUT2D eigenvalue weighted by Gasteiger charge is -2.18. The first-order chi connectivity index (χ1) is 7.70. The van der Waals surface area contributed by atoms with Crippen molar-refractivity contribution in [2.45, 2.75) is 19.4 Å². The van der Waals surface area contributed by atoms with Crippen molar-refractivity contribution in [1.29, 1.82) is 0 Å². The normalized spacial score (nSPS) is 11.4. The second kappa shape index (κ2) is 5.70. The van der Waals surface area contributed by atoms with Gasteiger partial charge in [-0.25, -0.2) is 0 Å². The van der Waals surface area contributed by atoms with Crippen LogP contribution in [0.4, 0.5) is 0 Å². The molecule has 0 radical (unpaired) electrons. The van der Waals surface area contributed by atoms with Crippen LogP contribution in [0.5, 0.6) is 5.75 Å². The van der Waals surface area contributed by atoms with Crippen LogP contribution in [0.25, 0.3) is 0 Å². The monoisotopic (exact) mass is 461 g/mol. The first kappa shape index (κ1) is 15.0. The van der Waals surface area contributed by atoms with Crippen molar-refractivity contribution in [3.63, 3.8) is 0 Å². The van der Waals surface area contributed by atoms with Crippen LogP contribution in [-0.4, -0.2) is 28.3 Å². The minimum absolute atomic E-state index is 0.0285. The second-order valence-corrected chi connectivity index (χ2v) is 6.69. The number of hydrogen-bond donors (Lipinski definition) is 3. The fourth-order valence-corrected chi connectivity index (χ4v) is 2.98. The number of aromatic hydroxyl groups is 1. The fraction of sp³-hybridized carbons (Fsp3) is 0.364. The molecule has 0 saturated carbocycles. The summed E-state index contributed by atoms with van der Waals surface area (Å²) in [6, 6.07) is 3.39. The van der Waals surface area contributed by atoms with E-state index >= 15 is 0 Å². The van der Waals surface area contributed by atoms with E-state index in [-0.39, 0.29) is 23.8 Å². The Labute approximate surface area is 127 Å². The zero-order chi connectivity index (χ0) is 13.2. The molecular weight excluding hydrogens is 448 g/mol. The van der Waals surface area contributed by atoms with Gasteiger partial charge in [-0.1, -0.05) is 0 Å². The Balaban J connectivity index is 2.90. The number of carbonyl (C=O) groups excluding carboxylic acids is 1. The van der Waals surface area contributed by atoms with Gasteiger partial charge in [0, 0.05) is 10.1 Å². The van der Waals surface area contributed by atoms with Crippen LogP contribution in [0.2, 0.25) is 0 Å². The van der Waals surface area contributed by atoms with Gasteiger partial charge in [0.1, 0.15) is 5.75 Å². The van der Waals surface area contributed by atoms with E-state index in [1.54, 1.807) is 26.0 Å². The van der Waals surface area contributed by atoms with Gasteiger partial charge in [0.05, 0.1) is 14.7 Å². The Morgan fingerprint density at radius 1 is 1.41 bits per heavy atom. The molecule has 0 unspecified atom stereocenters. The van der Waals surface area contributed by atoms with Crippen molar-refractivity contribution in [1.82, 2.24) is 5.32 Å². The average Bonchev–Trinajstić information content (AvgIpc) is 2.19. The van der Waals surface area contributed by atoms with Gasteiger partial charge in [0.15, 0.2) is 0 Å². The summed E-state index contributed by atoms with van der Waals surface area (Å²) in [5.41, 5.74) is -0.744. The standard InChI is InChI=1S/C11H13I2NO3/c1-11(2,17)5-14-10(16)7-3-6(12)4-8(13)9(7)15/h3-4,15,17H,5H2,1-2H3,(H,14,16). The van der Waals surface area contributed by atoms with Gasteiger partial charge >= 0.3 is 0 Å². The molecule has 94 valence electrons. The number of nitrogens with one attached hydrogen (secondary N) is 1. The maximum absolute atomic E-state index is 11.8. The summed E-state index contributed by atoms with van der Waals surface area (Å²) in [5.74, 6) is -0.416. The Kier molecular flexibility index (Phi) is 5.02. The number of phenols is 1. The van der Waals surface area contributed by atoms with Gasteiger partial charge in [-0.2, -0.15) is 0 Å². The average molecular weight is 461 g/mol. The minimum Gasteiger partial charge on any atom is -0.506 e. The molecule has 4 nitrogen and oxygen atoms in total. The Bertz CT molecular complexity index is 441. The number of aliphatic hydroxyl groups is 1. The van der Waals surface area contributed by atoms with Crippen molar-refractivity contribution in [3.05, 3.63) is 24.8 Å². The first-order valence-electron chi connectivity index (χ1n) is 4.89. The molecule has 0 aliphatic heterocycles. The zero-order valence-electron chi connectivity index (χ0n) is 9.42. The molecular formula is C11H13I2NO3. The van der Waals surface area contributed by atoms with Crippen molar-refractivity contribution in [2.24, 2.45) is 0 Å². The van der Waals surface area contributed by atoms with Crippen molar-refractivity contribution >= 4 is 51.1 Å². The molecule has 6 heteroatoms. The van der Waals surface area contributed by atoms with E-state index in [1.807, 2.05) is 22.6 Å². The summed E-state index contributed by atoms with van der Waals surface area (Å²) in [6.07, 6.45) is 0. The third-order valence-electron chi connectivity index (χ3n) is 1.95. The number of rotatable bonds is 3. The van der Waals surface area contributed by atoms with Crippen LogP contribution in [0, 0.1) is 7.14 Å². The van der Waals surface area contributed by atoms with Gasteiger partial charge < -0.3 is 15.5 Å². The summed E-state index contributed by atoms with van der Waals surface area (Å²) >= 11 is 4.05. The molecule has 0 bridgehead atoms. The SMILES string of the molecule is CC(C)(O)CNC(=O)c1cc(I)cc(I)c1O. The van der Waals surface area contributed by atoms with Crippen molar-refractivity contribution in [3.8, 4) is 5.75 Å². The molecule has 1 rings (SSSR count). The number of hydrogen-bond acceptors (Lipinski definition) is 3. The van der Waals surface area contributed by atoms with Gasteiger partial charge in [-0.3, -0.25) is 4.79 Å². The largest absolute Gasteiger partial charge is 0.506 e. The van der Waals surface area contributed by atoms with Gasteiger partial charge in [0.2, 0.25) is 0 Å². The number of halogens is 2. The van der Waals surface area contributed by atoms with Gasteiger partial charge in [-0.15, -0.1) is 0 Å². The first-order valence-corrected chi connectivity index (χ1v) is 7.05. The lowest BCUT2D eigenvalue weighted by molar-refractivity contribution is 0.0693. The van der Waals surface area contributed by atoms with Crippen LogP contribution >= 0.6 is 45.2 Å². The van der Waals surface area contributed by atoms with E-state index in [0.29, 0.717) is 3.57 Å². The Morgan fingerprint density at radius 3 is 2.53 bits per heavy atom. The Morgan fingerprint density at radius 2 is 2.00 bits per heavy atom. The predicted molar refractivity (Wildman–Crippen MR) is 82.2 cm³/mol. The molecule has 3 N–H and O–H groups in total. The third kappa shape index (κ3) is 4.59. The topological polar surface area (TPSA) is 69.6 Å². The van der Waals surface area contributed by atoms with Crippen LogP contribution in [-0.2, 0) is 0 Å². The quantitative estimate of drug-likeness (QED) is 0.605. The molecule has 1 aromatic rings. The van der Waals surface area contributed by atoms with E-state index in [1.165, 1.54) is 0 Å². The summed E-state index contributed by atoms with van der Waals surface area (Å²) in [4.78, 5) is 11.8. The summed E-state index contributed by atoms with van der Waals surface area (Å²) in [7, 11) is 0. The Hall–Kier alpha value is -0.0900. The number of amides is 1. The van der Waals surface area contributed by atoms with Gasteiger partial charge in [-0.05, 0) is 71.2 Å². The molecule has 0 aliphatic carbocycles. The third-order valence-corrected chi connectivity index (χ3v) is 3.40. The number of carbonyl (C=O) groups is 1. The molecule has 17 heavy (non-hydrogen) atoms. The van der Waals surface area contributed by atoms with E-state index in [9.17, 15) is 15.0 Å². The highest BCUT2D eigenvalue weighted by molar-refractivity contribution is 14.1. The second-order valence-electron chi connectivity index (χ2n) is 4.28. The predicted octanol–water partition coefficient (Wildman–Crippen LogP) is 2.10. The molecule has 0 fully saturated rings. The highest BCUT2D eigenvalue weighted by atomic mass is 127. The molecule has 0 atom stereocenters. The maximum atomic E-state index is 11.8. The lowest BCUT2D eigenvalue weighted by atomic mass is 10.1. The molecule has 0 aliphatic rings. The fourth-order valence-electron chi connectivity index (χ4n) is 1.13.